The van der Waals surface area contributed by atoms with Crippen LogP contribution in [0.1, 0.15) is 33.3 Å². The summed E-state index contributed by atoms with van der Waals surface area (Å²) < 4.78 is 10.9. The van der Waals surface area contributed by atoms with E-state index < -0.39 is 5.97 Å². The van der Waals surface area contributed by atoms with Gasteiger partial charge in [0.15, 0.2) is 6.61 Å². The van der Waals surface area contributed by atoms with E-state index in [4.69, 9.17) is 9.47 Å². The zero-order valence-electron chi connectivity index (χ0n) is 17.6. The minimum absolute atomic E-state index is 0.149. The molecule has 1 amide bonds. The van der Waals surface area contributed by atoms with Crippen LogP contribution in [0.5, 0.6) is 5.75 Å². The predicted octanol–water partition coefficient (Wildman–Crippen LogP) is 5.53. The lowest BCUT2D eigenvalue weighted by Gasteiger charge is -2.11. The van der Waals surface area contributed by atoms with Gasteiger partial charge < -0.3 is 14.8 Å². The Morgan fingerprint density at radius 2 is 1.77 bits per heavy atom. The number of anilines is 1. The monoisotopic (exact) mass is 423 g/mol. The first-order valence-corrected chi connectivity index (χ1v) is 10.6. The van der Waals surface area contributed by atoms with E-state index in [1.54, 1.807) is 6.92 Å². The summed E-state index contributed by atoms with van der Waals surface area (Å²) in [4.78, 5) is 26.2. The molecule has 5 nitrogen and oxygen atoms in total. The molecule has 156 valence electrons. The number of thiophene rings is 1. The van der Waals surface area contributed by atoms with E-state index in [0.717, 1.165) is 27.1 Å². The maximum atomic E-state index is 12.7. The average molecular weight is 424 g/mol. The number of hydrogen-bond donors (Lipinski definition) is 1. The first-order chi connectivity index (χ1) is 14.4. The van der Waals surface area contributed by atoms with Gasteiger partial charge >= 0.3 is 5.97 Å². The second-order valence-electron chi connectivity index (χ2n) is 6.93. The van der Waals surface area contributed by atoms with E-state index in [-0.39, 0.29) is 19.1 Å². The molecule has 30 heavy (non-hydrogen) atoms. The van der Waals surface area contributed by atoms with Gasteiger partial charge in [0, 0.05) is 10.4 Å². The summed E-state index contributed by atoms with van der Waals surface area (Å²) in [7, 11) is 0. The summed E-state index contributed by atoms with van der Waals surface area (Å²) in [5.41, 5.74) is 4.16. The Morgan fingerprint density at radius 1 is 1.03 bits per heavy atom. The van der Waals surface area contributed by atoms with Crippen LogP contribution in [-0.2, 0) is 9.53 Å². The molecule has 0 fully saturated rings. The molecule has 1 aromatic heterocycles. The lowest BCUT2D eigenvalue weighted by molar-refractivity contribution is -0.118. The molecular formula is C24H25NO4S. The van der Waals surface area contributed by atoms with E-state index in [2.05, 4.69) is 5.32 Å². The molecule has 2 aromatic carbocycles. The van der Waals surface area contributed by atoms with Gasteiger partial charge in [0.05, 0.1) is 6.61 Å². The molecule has 0 aliphatic carbocycles. The molecule has 0 unspecified atom stereocenters. The molecule has 0 bridgehead atoms. The third kappa shape index (κ3) is 4.89. The standard InChI is InChI=1S/C24H25NO4S/c1-5-28-24(27)22-21(18-9-7-6-8-10-18)17(4)30-23(22)25-20(26)14-29-19-12-11-15(2)13-16(19)3/h6-13H,5,14H2,1-4H3,(H,25,26). The number of aryl methyl sites for hydroxylation is 3. The minimum atomic E-state index is -0.452. The number of hydrogen-bond acceptors (Lipinski definition) is 5. The highest BCUT2D eigenvalue weighted by molar-refractivity contribution is 7.17. The second kappa shape index (κ2) is 9.59. The van der Waals surface area contributed by atoms with Crippen LogP contribution >= 0.6 is 11.3 Å². The molecule has 3 aromatic rings. The topological polar surface area (TPSA) is 64.6 Å². The normalized spacial score (nSPS) is 10.5. The predicted molar refractivity (Wildman–Crippen MR) is 120 cm³/mol. The summed E-state index contributed by atoms with van der Waals surface area (Å²) in [6.45, 7) is 7.74. The summed E-state index contributed by atoms with van der Waals surface area (Å²) in [6.07, 6.45) is 0. The van der Waals surface area contributed by atoms with Crippen LogP contribution in [0.25, 0.3) is 11.1 Å². The number of ether oxygens (including phenoxy) is 2. The van der Waals surface area contributed by atoms with Crippen molar-refractivity contribution in [2.75, 3.05) is 18.5 Å². The number of nitrogens with one attached hydrogen (secondary N) is 1. The van der Waals surface area contributed by atoms with Crippen LogP contribution in [0.2, 0.25) is 0 Å². The van der Waals surface area contributed by atoms with Crippen LogP contribution in [0, 0.1) is 20.8 Å². The fraction of sp³-hybridized carbons (Fsp3) is 0.250. The Hall–Kier alpha value is -3.12. The number of esters is 1. The smallest absolute Gasteiger partial charge is 0.341 e. The van der Waals surface area contributed by atoms with Gasteiger partial charge in [-0.05, 0) is 44.9 Å². The molecule has 3 rings (SSSR count). The molecule has 0 saturated carbocycles. The number of rotatable bonds is 7. The summed E-state index contributed by atoms with van der Waals surface area (Å²) in [5, 5.41) is 3.31. The van der Waals surface area contributed by atoms with Crippen LogP contribution in [0.15, 0.2) is 48.5 Å². The van der Waals surface area contributed by atoms with Crippen molar-refractivity contribution in [1.29, 1.82) is 0 Å². The molecule has 0 atom stereocenters. The third-order valence-corrected chi connectivity index (χ3v) is 5.59. The number of benzene rings is 2. The van der Waals surface area contributed by atoms with Gasteiger partial charge in [0.2, 0.25) is 0 Å². The van der Waals surface area contributed by atoms with Gasteiger partial charge in [-0.1, -0.05) is 48.0 Å². The Labute approximate surface area is 180 Å². The van der Waals surface area contributed by atoms with Crippen molar-refractivity contribution in [3.8, 4) is 16.9 Å². The van der Waals surface area contributed by atoms with Gasteiger partial charge in [-0.15, -0.1) is 11.3 Å². The Kier molecular flexibility index (Phi) is 6.90. The summed E-state index contributed by atoms with van der Waals surface area (Å²) in [5.74, 6) is -0.124. The van der Waals surface area contributed by atoms with Crippen molar-refractivity contribution >= 4 is 28.2 Å². The highest BCUT2D eigenvalue weighted by atomic mass is 32.1. The van der Waals surface area contributed by atoms with E-state index in [1.807, 2.05) is 69.3 Å². The van der Waals surface area contributed by atoms with Crippen molar-refractivity contribution in [2.24, 2.45) is 0 Å². The lowest BCUT2D eigenvalue weighted by Crippen LogP contribution is -2.21. The average Bonchev–Trinajstić information content (AvgIpc) is 3.03. The highest BCUT2D eigenvalue weighted by Gasteiger charge is 2.25. The van der Waals surface area contributed by atoms with Crippen LogP contribution < -0.4 is 10.1 Å². The van der Waals surface area contributed by atoms with Crippen molar-refractivity contribution in [3.05, 3.63) is 70.1 Å². The zero-order valence-corrected chi connectivity index (χ0v) is 18.4. The molecule has 1 N–H and O–H groups in total. The number of carbonyl (C=O) groups excluding carboxylic acids is 2. The van der Waals surface area contributed by atoms with Crippen LogP contribution in [0.3, 0.4) is 0 Å². The van der Waals surface area contributed by atoms with E-state index in [0.29, 0.717) is 16.3 Å². The van der Waals surface area contributed by atoms with Gasteiger partial charge in [0.1, 0.15) is 16.3 Å². The van der Waals surface area contributed by atoms with E-state index >= 15 is 0 Å². The molecule has 6 heteroatoms. The third-order valence-electron chi connectivity index (χ3n) is 4.57. The first kappa shape index (κ1) is 21.6. The molecule has 0 aliphatic rings. The SMILES string of the molecule is CCOC(=O)c1c(NC(=O)COc2ccc(C)cc2C)sc(C)c1-c1ccccc1. The lowest BCUT2D eigenvalue weighted by atomic mass is 10.0. The highest BCUT2D eigenvalue weighted by Crippen LogP contribution is 2.40. The Bertz CT molecular complexity index is 1060. The molecule has 0 radical (unpaired) electrons. The second-order valence-corrected chi connectivity index (χ2v) is 8.15. The van der Waals surface area contributed by atoms with E-state index in [1.165, 1.54) is 11.3 Å². The summed E-state index contributed by atoms with van der Waals surface area (Å²) in [6, 6.07) is 15.4. The van der Waals surface area contributed by atoms with Gasteiger partial charge in [-0.3, -0.25) is 4.79 Å². The largest absolute Gasteiger partial charge is 0.483 e. The van der Waals surface area contributed by atoms with Gasteiger partial charge in [-0.25, -0.2) is 4.79 Å². The first-order valence-electron chi connectivity index (χ1n) is 9.76. The number of carbonyl (C=O) groups is 2. The molecule has 0 aliphatic heterocycles. The van der Waals surface area contributed by atoms with E-state index in [9.17, 15) is 9.59 Å². The fourth-order valence-corrected chi connectivity index (χ4v) is 4.33. The zero-order chi connectivity index (χ0) is 21.7. The molecular weight excluding hydrogens is 398 g/mol. The van der Waals surface area contributed by atoms with Gasteiger partial charge in [-0.2, -0.15) is 0 Å². The molecule has 1 heterocycles. The van der Waals surface area contributed by atoms with Crippen LogP contribution in [0.4, 0.5) is 5.00 Å². The van der Waals surface area contributed by atoms with Crippen molar-refractivity contribution < 1.29 is 19.1 Å². The number of amides is 1. The maximum absolute atomic E-state index is 12.7. The minimum Gasteiger partial charge on any atom is -0.483 e. The van der Waals surface area contributed by atoms with Crippen LogP contribution in [-0.4, -0.2) is 25.1 Å². The maximum Gasteiger partial charge on any atom is 0.341 e. The summed E-state index contributed by atoms with van der Waals surface area (Å²) >= 11 is 1.36. The quantitative estimate of drug-likeness (QED) is 0.507. The Balaban J connectivity index is 1.84. The van der Waals surface area contributed by atoms with Crippen molar-refractivity contribution in [2.45, 2.75) is 27.7 Å². The molecule has 0 saturated heterocycles. The fourth-order valence-electron chi connectivity index (χ4n) is 3.25. The van der Waals surface area contributed by atoms with Gasteiger partial charge in [0.25, 0.3) is 5.91 Å². The molecule has 0 spiro atoms. The van der Waals surface area contributed by atoms with Crippen molar-refractivity contribution in [1.82, 2.24) is 0 Å². The Morgan fingerprint density at radius 3 is 2.43 bits per heavy atom. The van der Waals surface area contributed by atoms with Crippen molar-refractivity contribution in [3.63, 3.8) is 0 Å².